The maximum absolute atomic E-state index is 12.9. The van der Waals surface area contributed by atoms with Crippen molar-refractivity contribution >= 4 is 29.2 Å². The molecule has 0 bridgehead atoms. The van der Waals surface area contributed by atoms with Crippen LogP contribution in [0.3, 0.4) is 0 Å². The molecular weight excluding hydrogens is 422 g/mol. The van der Waals surface area contributed by atoms with Crippen molar-refractivity contribution in [3.8, 4) is 6.07 Å². The molecule has 1 aromatic heterocycles. The van der Waals surface area contributed by atoms with Gasteiger partial charge in [-0.05, 0) is 49.6 Å². The lowest BCUT2D eigenvalue weighted by Gasteiger charge is -2.37. The third-order valence-corrected chi connectivity index (χ3v) is 6.45. The van der Waals surface area contributed by atoms with Crippen LogP contribution in [0.5, 0.6) is 0 Å². The number of carbonyl (C=O) groups is 3. The number of carbonyl (C=O) groups excluding carboxylic acids is 3. The summed E-state index contributed by atoms with van der Waals surface area (Å²) in [4.78, 5) is 43.8. The third-order valence-electron chi connectivity index (χ3n) is 6.45. The SMILES string of the molecule is COC(=O)C1CCC(C(=O)N2CCN(c3ccc(NC(=O)c4cc(C#N)c[nH]4)cc3)CC2)C1. The van der Waals surface area contributed by atoms with Crippen molar-refractivity contribution in [3.05, 3.63) is 47.8 Å². The zero-order chi connectivity index (χ0) is 23.4. The van der Waals surface area contributed by atoms with E-state index in [-0.39, 0.29) is 29.6 Å². The Hall–Kier alpha value is -3.80. The smallest absolute Gasteiger partial charge is 0.308 e. The Morgan fingerprint density at radius 1 is 1.09 bits per heavy atom. The van der Waals surface area contributed by atoms with E-state index in [0.29, 0.717) is 36.5 Å². The largest absolute Gasteiger partial charge is 0.469 e. The van der Waals surface area contributed by atoms with E-state index in [1.807, 2.05) is 35.2 Å². The maximum Gasteiger partial charge on any atom is 0.308 e. The zero-order valence-electron chi connectivity index (χ0n) is 18.5. The molecule has 2 atom stereocenters. The quantitative estimate of drug-likeness (QED) is 0.677. The van der Waals surface area contributed by atoms with Crippen molar-refractivity contribution in [3.63, 3.8) is 0 Å². The van der Waals surface area contributed by atoms with Gasteiger partial charge in [0.05, 0.1) is 18.6 Å². The molecule has 9 heteroatoms. The van der Waals surface area contributed by atoms with Crippen LogP contribution in [0.25, 0.3) is 0 Å². The fraction of sp³-hybridized carbons (Fsp3) is 0.417. The van der Waals surface area contributed by atoms with E-state index in [4.69, 9.17) is 10.00 Å². The summed E-state index contributed by atoms with van der Waals surface area (Å²) in [6.07, 6.45) is 3.54. The third kappa shape index (κ3) is 5.00. The van der Waals surface area contributed by atoms with Crippen LogP contribution >= 0.6 is 0 Å². The second-order valence-corrected chi connectivity index (χ2v) is 8.46. The second kappa shape index (κ2) is 9.77. The molecule has 172 valence electrons. The number of hydrogen-bond donors (Lipinski definition) is 2. The van der Waals surface area contributed by atoms with E-state index in [1.165, 1.54) is 19.4 Å². The van der Waals surface area contributed by atoms with Gasteiger partial charge in [0.15, 0.2) is 0 Å². The van der Waals surface area contributed by atoms with Gasteiger partial charge in [0.1, 0.15) is 11.8 Å². The molecule has 0 radical (unpaired) electrons. The Bertz CT molecular complexity index is 1060. The highest BCUT2D eigenvalue weighted by Crippen LogP contribution is 2.33. The van der Waals surface area contributed by atoms with Crippen LogP contribution in [0.2, 0.25) is 0 Å². The molecule has 1 aromatic carbocycles. The van der Waals surface area contributed by atoms with Gasteiger partial charge in [-0.15, -0.1) is 0 Å². The molecular formula is C24H27N5O4. The Labute approximate surface area is 192 Å². The molecule has 0 spiro atoms. The van der Waals surface area contributed by atoms with Gasteiger partial charge in [-0.2, -0.15) is 5.26 Å². The summed E-state index contributed by atoms with van der Waals surface area (Å²) in [7, 11) is 1.39. The highest BCUT2D eigenvalue weighted by atomic mass is 16.5. The molecule has 2 amide bonds. The van der Waals surface area contributed by atoms with Crippen molar-refractivity contribution in [2.75, 3.05) is 43.5 Å². The highest BCUT2D eigenvalue weighted by Gasteiger charge is 2.37. The monoisotopic (exact) mass is 449 g/mol. The highest BCUT2D eigenvalue weighted by molar-refractivity contribution is 6.03. The van der Waals surface area contributed by atoms with E-state index >= 15 is 0 Å². The van der Waals surface area contributed by atoms with E-state index in [9.17, 15) is 14.4 Å². The summed E-state index contributed by atoms with van der Waals surface area (Å²) in [6, 6.07) is 11.1. The number of nitrogens with zero attached hydrogens (tertiary/aromatic N) is 3. The van der Waals surface area contributed by atoms with Gasteiger partial charge in [-0.25, -0.2) is 0 Å². The Morgan fingerprint density at radius 2 is 1.79 bits per heavy atom. The molecule has 1 saturated carbocycles. The average molecular weight is 450 g/mol. The topological polar surface area (TPSA) is 119 Å². The lowest BCUT2D eigenvalue weighted by atomic mass is 10.0. The summed E-state index contributed by atoms with van der Waals surface area (Å²) < 4.78 is 4.82. The van der Waals surface area contributed by atoms with E-state index in [1.54, 1.807) is 0 Å². The van der Waals surface area contributed by atoms with E-state index in [0.717, 1.165) is 31.6 Å². The van der Waals surface area contributed by atoms with E-state index < -0.39 is 0 Å². The van der Waals surface area contributed by atoms with Gasteiger partial charge < -0.3 is 24.8 Å². The van der Waals surface area contributed by atoms with Crippen molar-refractivity contribution in [2.24, 2.45) is 11.8 Å². The number of esters is 1. The second-order valence-electron chi connectivity index (χ2n) is 8.46. The lowest BCUT2D eigenvalue weighted by molar-refractivity contribution is -0.145. The van der Waals surface area contributed by atoms with Crippen LogP contribution in [0.1, 0.15) is 35.3 Å². The van der Waals surface area contributed by atoms with Gasteiger partial charge in [0, 0.05) is 49.7 Å². The standard InChI is InChI=1S/C24H27N5O4/c1-33-24(32)18-3-2-17(13-18)23(31)29-10-8-28(9-11-29)20-6-4-19(5-7-20)27-22(30)21-12-16(14-25)15-26-21/h4-7,12,15,17-18,26H,2-3,8-11,13H2,1H3,(H,27,30). The van der Waals surface area contributed by atoms with Crippen LogP contribution in [0, 0.1) is 23.2 Å². The number of H-pyrrole nitrogens is 1. The van der Waals surface area contributed by atoms with Crippen LogP contribution in [-0.4, -0.2) is 61.0 Å². The Morgan fingerprint density at radius 3 is 2.42 bits per heavy atom. The minimum Gasteiger partial charge on any atom is -0.469 e. The lowest BCUT2D eigenvalue weighted by Crippen LogP contribution is -2.50. The number of piperazine rings is 1. The average Bonchev–Trinajstić information content (AvgIpc) is 3.54. The van der Waals surface area contributed by atoms with Gasteiger partial charge in [-0.1, -0.05) is 0 Å². The number of aromatic amines is 1. The van der Waals surface area contributed by atoms with Crippen molar-refractivity contribution in [1.29, 1.82) is 5.26 Å². The van der Waals surface area contributed by atoms with Crippen LogP contribution in [0.15, 0.2) is 36.5 Å². The van der Waals surface area contributed by atoms with Crippen molar-refractivity contribution in [1.82, 2.24) is 9.88 Å². The molecule has 33 heavy (non-hydrogen) atoms. The molecule has 2 aromatic rings. The Kier molecular flexibility index (Phi) is 6.63. The number of methoxy groups -OCH3 is 1. The number of nitriles is 1. The van der Waals surface area contributed by atoms with Crippen LogP contribution in [-0.2, 0) is 14.3 Å². The molecule has 2 unspecified atom stereocenters. The first kappa shape index (κ1) is 22.4. The summed E-state index contributed by atoms with van der Waals surface area (Å²) in [6.45, 7) is 2.74. The molecule has 2 aliphatic rings. The molecule has 2 heterocycles. The van der Waals surface area contributed by atoms with Gasteiger partial charge in [0.25, 0.3) is 5.91 Å². The molecule has 1 saturated heterocycles. The number of amides is 2. The molecule has 1 aliphatic carbocycles. The number of nitrogens with one attached hydrogen (secondary N) is 2. The first-order valence-electron chi connectivity index (χ1n) is 11.1. The van der Waals surface area contributed by atoms with Crippen LogP contribution < -0.4 is 10.2 Å². The molecule has 1 aliphatic heterocycles. The number of rotatable bonds is 5. The summed E-state index contributed by atoms with van der Waals surface area (Å²) in [5.74, 6) is -0.627. The number of ether oxygens (including phenoxy) is 1. The molecule has 4 rings (SSSR count). The minimum absolute atomic E-state index is 0.0903. The van der Waals surface area contributed by atoms with Crippen LogP contribution in [0.4, 0.5) is 11.4 Å². The maximum atomic E-state index is 12.9. The first-order chi connectivity index (χ1) is 16.0. The van der Waals surface area contributed by atoms with E-state index in [2.05, 4.69) is 15.2 Å². The number of benzene rings is 1. The predicted molar refractivity (Wildman–Crippen MR) is 122 cm³/mol. The first-order valence-corrected chi connectivity index (χ1v) is 11.1. The molecule has 2 fully saturated rings. The number of aromatic nitrogens is 1. The van der Waals surface area contributed by atoms with Gasteiger partial charge in [-0.3, -0.25) is 14.4 Å². The zero-order valence-corrected chi connectivity index (χ0v) is 18.5. The fourth-order valence-electron chi connectivity index (χ4n) is 4.57. The van der Waals surface area contributed by atoms with Crippen molar-refractivity contribution in [2.45, 2.75) is 19.3 Å². The summed E-state index contributed by atoms with van der Waals surface area (Å²) >= 11 is 0. The fourth-order valence-corrected chi connectivity index (χ4v) is 4.57. The Balaban J connectivity index is 1.27. The minimum atomic E-state index is -0.308. The predicted octanol–water partition coefficient (Wildman–Crippen LogP) is 2.38. The number of hydrogen-bond acceptors (Lipinski definition) is 6. The number of anilines is 2. The summed E-state index contributed by atoms with van der Waals surface area (Å²) in [5, 5.41) is 11.7. The van der Waals surface area contributed by atoms with Gasteiger partial charge in [0.2, 0.25) is 5.91 Å². The molecule has 9 nitrogen and oxygen atoms in total. The normalized spacial score (nSPS) is 20.2. The van der Waals surface area contributed by atoms with Crippen molar-refractivity contribution < 1.29 is 19.1 Å². The summed E-state index contributed by atoms with van der Waals surface area (Å²) in [5.41, 5.74) is 2.42. The van der Waals surface area contributed by atoms with Gasteiger partial charge >= 0.3 is 5.97 Å². The molecule has 2 N–H and O–H groups in total.